The molecular formula is C3H7ClO3S. The van der Waals surface area contributed by atoms with Gasteiger partial charge in [0.1, 0.15) is 0 Å². The minimum atomic E-state index is -3.77. The van der Waals surface area contributed by atoms with Crippen LogP contribution < -0.4 is 0 Å². The lowest BCUT2D eigenvalue weighted by Gasteiger charge is -1.89. The Morgan fingerprint density at radius 1 is 1.50 bits per heavy atom. The van der Waals surface area contributed by atoms with Crippen LogP contribution in [0, 0.1) is 0 Å². The number of halogens is 1. The Balaban J connectivity index is 3.42. The molecule has 0 aliphatic carbocycles. The average Bonchev–Trinajstić information content (AvgIpc) is 1.59. The second-order valence-electron chi connectivity index (χ2n) is 1.33. The molecule has 0 atom stereocenters. The van der Waals surface area contributed by atoms with Crippen molar-refractivity contribution in [3.8, 4) is 0 Å². The maximum Gasteiger partial charge on any atom is 0.264 e. The van der Waals surface area contributed by atoms with Crippen LogP contribution in [0.1, 0.15) is 6.42 Å². The molecule has 1 N–H and O–H groups in total. The predicted octanol–water partition coefficient (Wildman–Crippen LogP) is 0.503. The van der Waals surface area contributed by atoms with Crippen molar-refractivity contribution in [3.05, 3.63) is 0 Å². The Labute approximate surface area is 53.4 Å². The SMILES string of the molecule is O=S(=O)(O)CCCCl. The Kier molecular flexibility index (Phi) is 3.35. The molecule has 0 amide bonds. The quantitative estimate of drug-likeness (QED) is 0.481. The van der Waals surface area contributed by atoms with Gasteiger partial charge in [0.2, 0.25) is 0 Å². The lowest BCUT2D eigenvalue weighted by molar-refractivity contribution is 0.482. The van der Waals surface area contributed by atoms with Crippen molar-refractivity contribution in [1.82, 2.24) is 0 Å². The van der Waals surface area contributed by atoms with Crippen LogP contribution in [-0.4, -0.2) is 24.6 Å². The van der Waals surface area contributed by atoms with Crippen molar-refractivity contribution in [2.75, 3.05) is 11.6 Å². The molecule has 50 valence electrons. The molecule has 0 bridgehead atoms. The van der Waals surface area contributed by atoms with Gasteiger partial charge in [-0.25, -0.2) is 0 Å². The third-order valence-electron chi connectivity index (χ3n) is 0.536. The van der Waals surface area contributed by atoms with E-state index in [-0.39, 0.29) is 11.6 Å². The molecule has 0 rings (SSSR count). The van der Waals surface area contributed by atoms with Gasteiger partial charge in [-0.3, -0.25) is 4.55 Å². The van der Waals surface area contributed by atoms with Crippen LogP contribution in [0.15, 0.2) is 0 Å². The van der Waals surface area contributed by atoms with Crippen molar-refractivity contribution < 1.29 is 13.0 Å². The fourth-order valence-electron chi connectivity index (χ4n) is 0.237. The van der Waals surface area contributed by atoms with Crippen molar-refractivity contribution in [2.24, 2.45) is 0 Å². The fourth-order valence-corrected chi connectivity index (χ4v) is 1.04. The molecule has 0 unspecified atom stereocenters. The van der Waals surface area contributed by atoms with Crippen molar-refractivity contribution in [2.45, 2.75) is 6.42 Å². The second-order valence-corrected chi connectivity index (χ2v) is 3.28. The van der Waals surface area contributed by atoms with E-state index >= 15 is 0 Å². The van der Waals surface area contributed by atoms with Crippen molar-refractivity contribution in [1.29, 1.82) is 0 Å². The van der Waals surface area contributed by atoms with Crippen LogP contribution in [0.25, 0.3) is 0 Å². The summed E-state index contributed by atoms with van der Waals surface area (Å²) >= 11 is 5.13. The van der Waals surface area contributed by atoms with Gasteiger partial charge in [0.05, 0.1) is 5.75 Å². The van der Waals surface area contributed by atoms with Crippen LogP contribution in [-0.2, 0) is 10.1 Å². The van der Waals surface area contributed by atoms with Gasteiger partial charge in [0, 0.05) is 5.88 Å². The first-order valence-corrected chi connectivity index (χ1v) is 4.22. The van der Waals surface area contributed by atoms with Gasteiger partial charge in [-0.2, -0.15) is 8.42 Å². The van der Waals surface area contributed by atoms with E-state index < -0.39 is 10.1 Å². The molecule has 0 aromatic rings. The van der Waals surface area contributed by atoms with E-state index in [0.29, 0.717) is 6.42 Å². The van der Waals surface area contributed by atoms with Crippen molar-refractivity contribution >= 4 is 21.7 Å². The highest BCUT2D eigenvalue weighted by molar-refractivity contribution is 7.85. The van der Waals surface area contributed by atoms with Gasteiger partial charge in [0.15, 0.2) is 0 Å². The number of hydrogen-bond donors (Lipinski definition) is 1. The first-order valence-electron chi connectivity index (χ1n) is 2.07. The zero-order valence-electron chi connectivity index (χ0n) is 4.17. The zero-order valence-corrected chi connectivity index (χ0v) is 5.74. The minimum absolute atomic E-state index is 0.240. The Bertz CT molecular complexity index is 139. The molecule has 5 heteroatoms. The summed E-state index contributed by atoms with van der Waals surface area (Å²) in [4.78, 5) is 0. The summed E-state index contributed by atoms with van der Waals surface area (Å²) in [6.45, 7) is 0. The lowest BCUT2D eigenvalue weighted by atomic mass is 10.6. The highest BCUT2D eigenvalue weighted by Gasteiger charge is 2.00. The van der Waals surface area contributed by atoms with E-state index in [1.165, 1.54) is 0 Å². The molecule has 0 aliphatic rings. The molecule has 0 radical (unpaired) electrons. The second kappa shape index (κ2) is 3.27. The molecule has 0 spiro atoms. The Morgan fingerprint density at radius 2 is 2.00 bits per heavy atom. The maximum absolute atomic E-state index is 9.89. The van der Waals surface area contributed by atoms with E-state index in [1.54, 1.807) is 0 Å². The molecule has 0 aliphatic heterocycles. The van der Waals surface area contributed by atoms with Gasteiger partial charge in [-0.1, -0.05) is 0 Å². The molecule has 3 nitrogen and oxygen atoms in total. The Morgan fingerprint density at radius 3 is 2.12 bits per heavy atom. The zero-order chi connectivity index (χ0) is 6.62. The van der Waals surface area contributed by atoms with E-state index in [1.807, 2.05) is 0 Å². The van der Waals surface area contributed by atoms with Crippen LogP contribution in [0.2, 0.25) is 0 Å². The van der Waals surface area contributed by atoms with E-state index in [0.717, 1.165) is 0 Å². The largest absolute Gasteiger partial charge is 0.286 e. The molecule has 0 saturated heterocycles. The highest BCUT2D eigenvalue weighted by Crippen LogP contribution is 1.89. The first-order chi connectivity index (χ1) is 3.56. The molecule has 0 heterocycles. The fraction of sp³-hybridized carbons (Fsp3) is 1.00. The van der Waals surface area contributed by atoms with Crippen molar-refractivity contribution in [3.63, 3.8) is 0 Å². The summed E-state index contributed by atoms with van der Waals surface area (Å²) in [5, 5.41) is 0. The maximum atomic E-state index is 9.89. The van der Waals surface area contributed by atoms with E-state index in [2.05, 4.69) is 0 Å². The molecule has 0 aromatic heterocycles. The molecule has 8 heavy (non-hydrogen) atoms. The topological polar surface area (TPSA) is 54.4 Å². The summed E-state index contributed by atoms with van der Waals surface area (Å²) in [7, 11) is -3.77. The Hall–Kier alpha value is 0.200. The van der Waals surface area contributed by atoms with Gasteiger partial charge in [-0.15, -0.1) is 11.6 Å². The van der Waals surface area contributed by atoms with Crippen LogP contribution in [0.4, 0.5) is 0 Å². The van der Waals surface area contributed by atoms with Crippen LogP contribution >= 0.6 is 11.6 Å². The smallest absolute Gasteiger partial charge is 0.264 e. The van der Waals surface area contributed by atoms with Gasteiger partial charge >= 0.3 is 0 Å². The first kappa shape index (κ1) is 8.20. The molecule has 0 saturated carbocycles. The normalized spacial score (nSPS) is 11.8. The third-order valence-corrected chi connectivity index (χ3v) is 1.61. The summed E-state index contributed by atoms with van der Waals surface area (Å²) in [5.41, 5.74) is 0. The lowest BCUT2D eigenvalue weighted by Crippen LogP contribution is -2.03. The van der Waals surface area contributed by atoms with Gasteiger partial charge in [0.25, 0.3) is 10.1 Å². The van der Waals surface area contributed by atoms with E-state index in [4.69, 9.17) is 16.2 Å². The minimum Gasteiger partial charge on any atom is -0.286 e. The molecule has 0 fully saturated rings. The molecule has 0 aromatic carbocycles. The van der Waals surface area contributed by atoms with Crippen LogP contribution in [0.5, 0.6) is 0 Å². The number of rotatable bonds is 3. The standard InChI is InChI=1S/C3H7ClO3S/c4-2-1-3-8(5,6)7/h1-3H2,(H,5,6,7). The number of hydrogen-bond acceptors (Lipinski definition) is 2. The molecular weight excluding hydrogens is 152 g/mol. The average molecular weight is 159 g/mol. The summed E-state index contributed by atoms with van der Waals surface area (Å²) in [6.07, 6.45) is 0.306. The van der Waals surface area contributed by atoms with E-state index in [9.17, 15) is 8.42 Å². The number of alkyl halides is 1. The predicted molar refractivity (Wildman–Crippen MR) is 31.8 cm³/mol. The van der Waals surface area contributed by atoms with Gasteiger partial charge in [-0.05, 0) is 6.42 Å². The third kappa shape index (κ3) is 6.20. The summed E-state index contributed by atoms with van der Waals surface area (Å²) < 4.78 is 27.8. The summed E-state index contributed by atoms with van der Waals surface area (Å²) in [6, 6.07) is 0. The van der Waals surface area contributed by atoms with Crippen LogP contribution in [0.3, 0.4) is 0 Å². The highest BCUT2D eigenvalue weighted by atomic mass is 35.5. The monoisotopic (exact) mass is 158 g/mol. The van der Waals surface area contributed by atoms with Gasteiger partial charge < -0.3 is 0 Å². The summed E-state index contributed by atoms with van der Waals surface area (Å²) in [5.74, 6) is 0.0241.